The lowest BCUT2D eigenvalue weighted by Crippen LogP contribution is -2.15. The van der Waals surface area contributed by atoms with E-state index in [-0.39, 0.29) is 5.03 Å². The zero-order valence-corrected chi connectivity index (χ0v) is 14.6. The summed E-state index contributed by atoms with van der Waals surface area (Å²) in [5.74, 6) is 0. The smallest absolute Gasteiger partial charge is 0.243 e. The molecule has 0 amide bonds. The van der Waals surface area contributed by atoms with Gasteiger partial charge in [-0.2, -0.15) is 8.42 Å². The highest BCUT2D eigenvalue weighted by atomic mass is 35.5. The largest absolute Gasteiger partial charge is 0.286 e. The minimum absolute atomic E-state index is 0.000342. The van der Waals surface area contributed by atoms with Crippen molar-refractivity contribution in [2.45, 2.75) is 5.03 Å². The van der Waals surface area contributed by atoms with Crippen LogP contribution in [0.15, 0.2) is 84.0 Å². The van der Waals surface area contributed by atoms with Crippen LogP contribution in [0.1, 0.15) is 0 Å². The summed E-state index contributed by atoms with van der Waals surface area (Å²) in [6.07, 6.45) is 1.47. The van der Waals surface area contributed by atoms with Gasteiger partial charge >= 0.3 is 0 Å². The van der Waals surface area contributed by atoms with Gasteiger partial charge in [0, 0.05) is 16.6 Å². The van der Waals surface area contributed by atoms with Crippen LogP contribution in [-0.4, -0.2) is 17.4 Å². The molecule has 0 fully saturated rings. The van der Waals surface area contributed by atoms with E-state index in [1.165, 1.54) is 16.2 Å². The van der Waals surface area contributed by atoms with E-state index in [4.69, 9.17) is 11.6 Å². The van der Waals surface area contributed by atoms with E-state index in [2.05, 4.69) is 4.98 Å². The van der Waals surface area contributed by atoms with Gasteiger partial charge in [-0.05, 0) is 42.0 Å². The lowest BCUT2D eigenvalue weighted by Gasteiger charge is -2.11. The van der Waals surface area contributed by atoms with Crippen molar-refractivity contribution < 1.29 is 8.42 Å². The molecule has 0 spiro atoms. The first-order chi connectivity index (χ1) is 12.1. The van der Waals surface area contributed by atoms with Crippen molar-refractivity contribution >= 4 is 32.5 Å². The third kappa shape index (κ3) is 2.71. The van der Waals surface area contributed by atoms with E-state index in [0.29, 0.717) is 16.2 Å². The number of hydrogen-bond acceptors (Lipinski definition) is 3. The van der Waals surface area contributed by atoms with Gasteiger partial charge in [0.05, 0.1) is 11.2 Å². The molecule has 0 bridgehead atoms. The number of benzene rings is 2. The Morgan fingerprint density at radius 2 is 1.64 bits per heavy atom. The summed E-state index contributed by atoms with van der Waals surface area (Å²) < 4.78 is 27.8. The van der Waals surface area contributed by atoms with Gasteiger partial charge in [-0.1, -0.05) is 48.0 Å². The molecule has 0 aliphatic rings. The third-order valence-corrected chi connectivity index (χ3v) is 5.81. The highest BCUT2D eigenvalue weighted by Gasteiger charge is 2.24. The third-order valence-electron chi connectivity index (χ3n) is 3.93. The number of hydrogen-bond donors (Lipinski definition) is 0. The van der Waals surface area contributed by atoms with Crippen LogP contribution in [0, 0.1) is 0 Å². The molecule has 2 heterocycles. The van der Waals surface area contributed by atoms with Crippen molar-refractivity contribution in [1.82, 2.24) is 8.96 Å². The van der Waals surface area contributed by atoms with Crippen molar-refractivity contribution in [3.8, 4) is 11.3 Å². The average Bonchev–Trinajstić information content (AvgIpc) is 3.02. The predicted octanol–water partition coefficient (Wildman–Crippen LogP) is 4.59. The van der Waals surface area contributed by atoms with Crippen LogP contribution in [0.5, 0.6) is 0 Å². The second kappa shape index (κ2) is 6.02. The second-order valence-electron chi connectivity index (χ2n) is 5.54. The average molecular weight is 369 g/mol. The van der Waals surface area contributed by atoms with Crippen LogP contribution in [-0.2, 0) is 10.0 Å². The lowest BCUT2D eigenvalue weighted by atomic mass is 10.1. The first-order valence-electron chi connectivity index (χ1n) is 7.60. The van der Waals surface area contributed by atoms with Gasteiger partial charge < -0.3 is 0 Å². The Morgan fingerprint density at radius 1 is 0.880 bits per heavy atom. The van der Waals surface area contributed by atoms with E-state index < -0.39 is 10.0 Å². The molecule has 0 N–H and O–H groups in total. The number of fused-ring (bicyclic) bond motifs is 1. The Kier molecular flexibility index (Phi) is 3.82. The molecule has 2 aromatic heterocycles. The first kappa shape index (κ1) is 15.9. The van der Waals surface area contributed by atoms with Crippen LogP contribution < -0.4 is 0 Å². The van der Waals surface area contributed by atoms with Gasteiger partial charge in [-0.3, -0.25) is 0 Å². The summed E-state index contributed by atoms with van der Waals surface area (Å²) in [6.45, 7) is 0. The molecule has 25 heavy (non-hydrogen) atoms. The van der Waals surface area contributed by atoms with Gasteiger partial charge in [0.15, 0.2) is 5.03 Å². The molecule has 0 aliphatic heterocycles. The van der Waals surface area contributed by atoms with E-state index in [0.717, 1.165) is 10.9 Å². The Labute approximate surface area is 150 Å². The summed E-state index contributed by atoms with van der Waals surface area (Å²) in [4.78, 5) is 4.03. The standard InChI is InChI=1S/C19H13ClN2O2S/c20-16-9-10-17-15(12-16)13-18(14-6-2-1-3-7-14)22(17)25(23,24)19-8-4-5-11-21-19/h1-13H. The summed E-state index contributed by atoms with van der Waals surface area (Å²) in [5, 5.41) is 1.31. The number of halogens is 1. The molecule has 124 valence electrons. The first-order valence-corrected chi connectivity index (χ1v) is 9.42. The fourth-order valence-corrected chi connectivity index (χ4v) is 4.48. The molecule has 4 rings (SSSR count). The lowest BCUT2D eigenvalue weighted by molar-refractivity contribution is 0.585. The molecule has 4 aromatic rings. The molecule has 0 radical (unpaired) electrons. The fraction of sp³-hybridized carbons (Fsp3) is 0. The van der Waals surface area contributed by atoms with E-state index in [1.807, 2.05) is 36.4 Å². The summed E-state index contributed by atoms with van der Waals surface area (Å²) in [6, 6.07) is 21.2. The highest BCUT2D eigenvalue weighted by Crippen LogP contribution is 2.33. The van der Waals surface area contributed by atoms with Crippen LogP contribution in [0.25, 0.3) is 22.2 Å². The number of aromatic nitrogens is 2. The number of nitrogens with zero attached hydrogens (tertiary/aromatic N) is 2. The van der Waals surface area contributed by atoms with Crippen molar-refractivity contribution in [3.63, 3.8) is 0 Å². The Morgan fingerprint density at radius 3 is 2.36 bits per heavy atom. The molecule has 0 saturated carbocycles. The van der Waals surface area contributed by atoms with Crippen LogP contribution >= 0.6 is 11.6 Å². The van der Waals surface area contributed by atoms with Gasteiger partial charge in [0.1, 0.15) is 0 Å². The molecule has 2 aromatic carbocycles. The molecule has 0 aliphatic carbocycles. The van der Waals surface area contributed by atoms with E-state index in [9.17, 15) is 8.42 Å². The molecule has 0 unspecified atom stereocenters. The second-order valence-corrected chi connectivity index (χ2v) is 7.71. The van der Waals surface area contributed by atoms with E-state index >= 15 is 0 Å². The molecular weight excluding hydrogens is 356 g/mol. The molecule has 0 saturated heterocycles. The number of rotatable bonds is 3. The Bertz CT molecular complexity index is 1150. The topological polar surface area (TPSA) is 52.0 Å². The fourth-order valence-electron chi connectivity index (χ4n) is 2.82. The highest BCUT2D eigenvalue weighted by molar-refractivity contribution is 7.90. The minimum atomic E-state index is -3.85. The zero-order valence-electron chi connectivity index (χ0n) is 13.0. The zero-order chi connectivity index (χ0) is 17.4. The van der Waals surface area contributed by atoms with Gasteiger partial charge in [0.25, 0.3) is 10.0 Å². The predicted molar refractivity (Wildman–Crippen MR) is 99.2 cm³/mol. The summed E-state index contributed by atoms with van der Waals surface area (Å²) in [5.41, 5.74) is 1.94. The van der Waals surface area contributed by atoms with Crippen molar-refractivity contribution in [1.29, 1.82) is 0 Å². The molecule has 0 atom stereocenters. The van der Waals surface area contributed by atoms with Gasteiger partial charge in [-0.25, -0.2) is 8.96 Å². The summed E-state index contributed by atoms with van der Waals surface area (Å²) >= 11 is 6.09. The minimum Gasteiger partial charge on any atom is -0.243 e. The van der Waals surface area contributed by atoms with Crippen molar-refractivity contribution in [2.24, 2.45) is 0 Å². The normalized spacial score (nSPS) is 11.7. The Balaban J connectivity index is 2.08. The van der Waals surface area contributed by atoms with Crippen LogP contribution in [0.2, 0.25) is 5.02 Å². The number of pyridine rings is 1. The van der Waals surface area contributed by atoms with Crippen LogP contribution in [0.3, 0.4) is 0 Å². The maximum absolute atomic E-state index is 13.3. The van der Waals surface area contributed by atoms with Crippen molar-refractivity contribution in [3.05, 3.63) is 84.0 Å². The Hall–Kier alpha value is -2.63. The SMILES string of the molecule is O=S(=O)(c1ccccn1)n1c(-c2ccccc2)cc2cc(Cl)ccc21. The molecule has 6 heteroatoms. The quantitative estimate of drug-likeness (QED) is 0.531. The van der Waals surface area contributed by atoms with Crippen molar-refractivity contribution in [2.75, 3.05) is 0 Å². The monoisotopic (exact) mass is 368 g/mol. The van der Waals surface area contributed by atoms with Gasteiger partial charge in [-0.15, -0.1) is 0 Å². The maximum atomic E-state index is 13.3. The maximum Gasteiger partial charge on any atom is 0.286 e. The van der Waals surface area contributed by atoms with E-state index in [1.54, 1.807) is 30.3 Å². The summed E-state index contributed by atoms with van der Waals surface area (Å²) in [7, 11) is -3.85. The molecule has 4 nitrogen and oxygen atoms in total. The van der Waals surface area contributed by atoms with Gasteiger partial charge in [0.2, 0.25) is 0 Å². The van der Waals surface area contributed by atoms with Crippen LogP contribution in [0.4, 0.5) is 0 Å². The molecular formula is C19H13ClN2O2S.